The molecule has 1 aliphatic rings. The van der Waals surface area contributed by atoms with Gasteiger partial charge >= 0.3 is 0 Å². The fraction of sp³-hybridized carbons (Fsp3) is 0.0435. The van der Waals surface area contributed by atoms with E-state index in [-0.39, 0.29) is 5.41 Å². The average molecular weight is 946 g/mol. The van der Waals surface area contributed by atoms with E-state index in [2.05, 4.69) is 280 Å². The Kier molecular flexibility index (Phi) is 8.45. The fourth-order valence-corrected chi connectivity index (χ4v) is 12.9. The molecule has 16 rings (SSSR count). The highest BCUT2D eigenvalue weighted by molar-refractivity contribution is 6.14. The number of anilines is 2. The van der Waals surface area contributed by atoms with Gasteiger partial charge in [-0.1, -0.05) is 141 Å². The van der Waals surface area contributed by atoms with Gasteiger partial charge in [0.05, 0.1) is 44.1 Å². The number of fused-ring (bicyclic) bond motifs is 14. The van der Waals surface area contributed by atoms with Gasteiger partial charge in [0.25, 0.3) is 0 Å². The van der Waals surface area contributed by atoms with Crippen LogP contribution in [0.4, 0.5) is 11.4 Å². The molecule has 0 radical (unpaired) electrons. The molecule has 15 aromatic rings. The third-order valence-corrected chi connectivity index (χ3v) is 16.3. The van der Waals surface area contributed by atoms with E-state index in [4.69, 9.17) is 0 Å². The van der Waals surface area contributed by atoms with Crippen LogP contribution in [0.25, 0.3) is 121 Å². The molecule has 4 aromatic heterocycles. The monoisotopic (exact) mass is 945 g/mol. The highest BCUT2D eigenvalue weighted by Crippen LogP contribution is 2.48. The molecule has 1 N–H and O–H groups in total. The Bertz CT molecular complexity index is 4790. The number of hydrogen-bond donors (Lipinski definition) is 1. The second-order valence-corrected chi connectivity index (χ2v) is 20.6. The van der Waals surface area contributed by atoms with Gasteiger partial charge in [0.1, 0.15) is 0 Å². The summed E-state index contributed by atoms with van der Waals surface area (Å²) < 4.78 is 9.74. The minimum atomic E-state index is -0.306. The number of para-hydroxylation sites is 6. The molecule has 5 heterocycles. The van der Waals surface area contributed by atoms with Crippen LogP contribution in [0.1, 0.15) is 25.0 Å². The van der Waals surface area contributed by atoms with Crippen molar-refractivity contribution in [3.05, 3.63) is 254 Å². The summed E-state index contributed by atoms with van der Waals surface area (Å²) in [6.07, 6.45) is 0. The molecular weight excluding hydrogens is 899 g/mol. The Hall–Kier alpha value is -9.58. The predicted molar refractivity (Wildman–Crippen MR) is 311 cm³/mol. The first-order chi connectivity index (χ1) is 36.5. The molecule has 0 aliphatic carbocycles. The molecule has 0 spiro atoms. The molecule has 0 atom stereocenters. The minimum Gasteiger partial charge on any atom is -0.355 e. The summed E-state index contributed by atoms with van der Waals surface area (Å²) in [6.45, 7) is 4.76. The normalized spacial score (nSPS) is 13.2. The van der Waals surface area contributed by atoms with Crippen LogP contribution in [-0.4, -0.2) is 18.3 Å². The van der Waals surface area contributed by atoms with Crippen LogP contribution in [0.3, 0.4) is 0 Å². The maximum Gasteiger partial charge on any atom is 0.0561 e. The van der Waals surface area contributed by atoms with Gasteiger partial charge in [-0.25, -0.2) is 0 Å². The largest absolute Gasteiger partial charge is 0.355 e. The van der Waals surface area contributed by atoms with Gasteiger partial charge in [0.15, 0.2) is 0 Å². The van der Waals surface area contributed by atoms with E-state index >= 15 is 0 Å². The van der Waals surface area contributed by atoms with Crippen molar-refractivity contribution in [3.63, 3.8) is 0 Å². The summed E-state index contributed by atoms with van der Waals surface area (Å²) >= 11 is 0. The molecule has 0 unspecified atom stereocenters. The molecule has 0 fully saturated rings. The third-order valence-electron chi connectivity index (χ3n) is 16.3. The van der Waals surface area contributed by atoms with Crippen LogP contribution >= 0.6 is 0 Å². The summed E-state index contributed by atoms with van der Waals surface area (Å²) in [7, 11) is 0. The maximum atomic E-state index is 3.86. The molecule has 5 nitrogen and oxygen atoms in total. The van der Waals surface area contributed by atoms with E-state index in [0.29, 0.717) is 0 Å². The summed E-state index contributed by atoms with van der Waals surface area (Å²) in [5, 5.41) is 13.8. The van der Waals surface area contributed by atoms with Crippen molar-refractivity contribution in [1.82, 2.24) is 18.3 Å². The predicted octanol–water partition coefficient (Wildman–Crippen LogP) is 18.1. The van der Waals surface area contributed by atoms with Crippen molar-refractivity contribution in [2.75, 3.05) is 5.32 Å². The van der Waals surface area contributed by atoms with Crippen molar-refractivity contribution in [2.45, 2.75) is 19.3 Å². The molecule has 0 saturated carbocycles. The van der Waals surface area contributed by atoms with Crippen molar-refractivity contribution in [3.8, 4) is 33.9 Å². The Morgan fingerprint density at radius 1 is 0.257 bits per heavy atom. The standard InChI is InChI=1S/C69H47N5/c1-69(2)57-40-46(72-61-23-11-6-18-49(61)50-19-7-12-24-62(50)72)31-34-59(57)70-60-35-32-47(41-58(60)69)74-63-25-13-8-20-51(63)54-33-30-48(42-68(54)74)73-65-27-15-10-22-53(65)56-39-44(29-37-67(56)73)43-28-36-66-55(38-43)52-21-9-14-26-64(52)71(66)45-16-4-3-5-17-45/h3-42,70H,1-2H3. The Labute approximate surface area is 427 Å². The second kappa shape index (κ2) is 15.2. The van der Waals surface area contributed by atoms with Gasteiger partial charge in [-0.15, -0.1) is 0 Å². The van der Waals surface area contributed by atoms with Crippen molar-refractivity contribution >= 4 is 98.6 Å². The van der Waals surface area contributed by atoms with Gasteiger partial charge in [-0.2, -0.15) is 0 Å². The number of nitrogens with one attached hydrogen (secondary N) is 1. The molecule has 74 heavy (non-hydrogen) atoms. The van der Waals surface area contributed by atoms with Gasteiger partial charge in [-0.05, 0) is 138 Å². The first-order valence-corrected chi connectivity index (χ1v) is 25.7. The first-order valence-electron chi connectivity index (χ1n) is 25.7. The summed E-state index contributed by atoms with van der Waals surface area (Å²) in [5.74, 6) is 0. The molecule has 5 heteroatoms. The highest BCUT2D eigenvalue weighted by Gasteiger charge is 2.34. The van der Waals surface area contributed by atoms with E-state index in [1.807, 2.05) is 0 Å². The second-order valence-electron chi connectivity index (χ2n) is 20.6. The van der Waals surface area contributed by atoms with Crippen LogP contribution in [0.15, 0.2) is 243 Å². The average Bonchev–Trinajstić information content (AvgIpc) is 4.19. The lowest BCUT2D eigenvalue weighted by Crippen LogP contribution is -2.26. The van der Waals surface area contributed by atoms with Crippen LogP contribution in [0.5, 0.6) is 0 Å². The van der Waals surface area contributed by atoms with Gasteiger partial charge in [0, 0.05) is 82.6 Å². The van der Waals surface area contributed by atoms with Gasteiger partial charge in [0.2, 0.25) is 0 Å². The van der Waals surface area contributed by atoms with E-state index in [1.54, 1.807) is 0 Å². The number of rotatable bonds is 5. The summed E-state index contributed by atoms with van der Waals surface area (Å²) in [5.41, 5.74) is 21.1. The van der Waals surface area contributed by atoms with Crippen LogP contribution in [-0.2, 0) is 5.41 Å². The summed E-state index contributed by atoms with van der Waals surface area (Å²) in [4.78, 5) is 0. The number of aromatic nitrogens is 4. The molecule has 348 valence electrons. The van der Waals surface area contributed by atoms with Crippen molar-refractivity contribution in [2.24, 2.45) is 0 Å². The van der Waals surface area contributed by atoms with E-state index in [1.165, 1.54) is 115 Å². The Morgan fingerprint density at radius 3 is 1.05 bits per heavy atom. The third kappa shape index (κ3) is 5.75. The van der Waals surface area contributed by atoms with Crippen LogP contribution in [0, 0.1) is 0 Å². The van der Waals surface area contributed by atoms with Crippen molar-refractivity contribution < 1.29 is 0 Å². The highest BCUT2D eigenvalue weighted by atomic mass is 15.0. The fourth-order valence-electron chi connectivity index (χ4n) is 12.9. The Balaban J connectivity index is 0.827. The molecule has 1 aliphatic heterocycles. The smallest absolute Gasteiger partial charge is 0.0561 e. The zero-order valence-electron chi connectivity index (χ0n) is 40.9. The number of benzene rings is 11. The van der Waals surface area contributed by atoms with Crippen molar-refractivity contribution in [1.29, 1.82) is 0 Å². The molecule has 0 amide bonds. The molecule has 0 bridgehead atoms. The zero-order chi connectivity index (χ0) is 48.8. The van der Waals surface area contributed by atoms with E-state index in [9.17, 15) is 0 Å². The quantitative estimate of drug-likeness (QED) is 0.183. The van der Waals surface area contributed by atoms with E-state index in [0.717, 1.165) is 28.4 Å². The lowest BCUT2D eigenvalue weighted by molar-refractivity contribution is 0.637. The Morgan fingerprint density at radius 2 is 0.595 bits per heavy atom. The molecule has 0 saturated heterocycles. The molecule has 11 aromatic carbocycles. The minimum absolute atomic E-state index is 0.306. The van der Waals surface area contributed by atoms with E-state index < -0.39 is 0 Å². The SMILES string of the molecule is CC1(C)c2cc(-n3c4ccccc4c4ccccc43)ccc2Nc2ccc(-n3c4ccccc4c4ccc(-n5c6ccccc6c6cc(-c7ccc8c(c7)c7ccccc7n8-c7ccccc7)ccc65)cc43)cc21. The zero-order valence-corrected chi connectivity index (χ0v) is 40.9. The first kappa shape index (κ1) is 41.1. The lowest BCUT2D eigenvalue weighted by Gasteiger charge is -2.36. The van der Waals surface area contributed by atoms with Crippen LogP contribution < -0.4 is 5.32 Å². The number of nitrogens with zero attached hydrogens (tertiary/aromatic N) is 4. The topological polar surface area (TPSA) is 31.8 Å². The lowest BCUT2D eigenvalue weighted by atomic mass is 9.74. The van der Waals surface area contributed by atoms with Gasteiger partial charge in [-0.3, -0.25) is 0 Å². The number of hydrogen-bond acceptors (Lipinski definition) is 1. The molecular formula is C69H47N5. The maximum absolute atomic E-state index is 3.86. The van der Waals surface area contributed by atoms with Gasteiger partial charge < -0.3 is 23.6 Å². The summed E-state index contributed by atoms with van der Waals surface area (Å²) in [6, 6.07) is 89.7. The van der Waals surface area contributed by atoms with Crippen LogP contribution in [0.2, 0.25) is 0 Å².